The van der Waals surface area contributed by atoms with Crippen molar-refractivity contribution in [2.75, 3.05) is 0 Å². The predicted molar refractivity (Wildman–Crippen MR) is 78.0 cm³/mol. The second-order valence-electron chi connectivity index (χ2n) is 3.21. The fourth-order valence-electron chi connectivity index (χ4n) is 0.970. The minimum Gasteiger partial charge on any atom is -0.255 e. The monoisotopic (exact) mass is 244 g/mol. The van der Waals surface area contributed by atoms with Crippen molar-refractivity contribution in [2.45, 2.75) is 13.8 Å². The van der Waals surface area contributed by atoms with Crippen LogP contribution >= 0.6 is 12.6 Å². The van der Waals surface area contributed by atoms with Crippen molar-refractivity contribution in [1.82, 2.24) is 0 Å². The smallest absolute Gasteiger partial charge is 0.0944 e. The molecule has 88 valence electrons. The van der Waals surface area contributed by atoms with Gasteiger partial charge in [0.15, 0.2) is 0 Å². The molecule has 0 N–H and O–H groups in total. The summed E-state index contributed by atoms with van der Waals surface area (Å²) in [7, 11) is 0. The highest BCUT2D eigenvalue weighted by molar-refractivity contribution is 7.85. The minimum atomic E-state index is 0.580. The fourth-order valence-corrected chi connectivity index (χ4v) is 1.03. The third-order valence-corrected chi connectivity index (χ3v) is 1.95. The van der Waals surface area contributed by atoms with Crippen LogP contribution in [0, 0.1) is 11.3 Å². The van der Waals surface area contributed by atoms with Crippen molar-refractivity contribution in [1.29, 1.82) is 5.26 Å². The van der Waals surface area contributed by atoms with Gasteiger partial charge in [-0.15, -0.1) is 12.6 Å². The van der Waals surface area contributed by atoms with Gasteiger partial charge in [0, 0.05) is 16.7 Å². The summed E-state index contributed by atoms with van der Waals surface area (Å²) >= 11 is 4.04. The van der Waals surface area contributed by atoms with Gasteiger partial charge in [0.05, 0.1) is 11.8 Å². The maximum atomic E-state index is 8.65. The van der Waals surface area contributed by atoms with Crippen molar-refractivity contribution in [3.8, 4) is 6.07 Å². The lowest BCUT2D eigenvalue weighted by atomic mass is 10.1. The molecule has 0 aliphatic heterocycles. The van der Waals surface area contributed by atoms with E-state index >= 15 is 0 Å². The average Bonchev–Trinajstić information content (AvgIpc) is 2.32. The van der Waals surface area contributed by atoms with E-state index in [9.17, 15) is 0 Å². The largest absolute Gasteiger partial charge is 0.255 e. The molecule has 0 aliphatic carbocycles. The van der Waals surface area contributed by atoms with E-state index in [1.54, 1.807) is 31.4 Å². The van der Waals surface area contributed by atoms with Gasteiger partial charge < -0.3 is 0 Å². The summed E-state index contributed by atoms with van der Waals surface area (Å²) in [6, 6.07) is 2.05. The maximum Gasteiger partial charge on any atom is 0.0944 e. The summed E-state index contributed by atoms with van der Waals surface area (Å²) in [5.74, 6) is 0. The first kappa shape index (κ1) is 15.2. The van der Waals surface area contributed by atoms with Crippen molar-refractivity contribution < 1.29 is 0 Å². The van der Waals surface area contributed by atoms with E-state index in [0.29, 0.717) is 10.5 Å². The van der Waals surface area contributed by atoms with Crippen LogP contribution in [0.15, 0.2) is 64.2 Å². The quantitative estimate of drug-likeness (QED) is 0.337. The molecule has 0 spiro atoms. The Bertz CT molecular complexity index is 457. The zero-order valence-corrected chi connectivity index (χ0v) is 11.0. The van der Waals surface area contributed by atoms with Crippen LogP contribution in [0.25, 0.3) is 0 Å². The minimum absolute atomic E-state index is 0.580. The fraction of sp³-hybridized carbons (Fsp3) is 0.143. The molecule has 0 bridgehead atoms. The van der Waals surface area contributed by atoms with Crippen LogP contribution in [0.3, 0.4) is 0 Å². The molecule has 0 amide bonds. The number of nitriles is 1. The van der Waals surface area contributed by atoms with Gasteiger partial charge in [-0.25, -0.2) is 0 Å². The van der Waals surface area contributed by atoms with Crippen LogP contribution in [-0.2, 0) is 0 Å². The van der Waals surface area contributed by atoms with Crippen molar-refractivity contribution in [3.63, 3.8) is 0 Å². The van der Waals surface area contributed by atoms with Crippen LogP contribution in [0.5, 0.6) is 0 Å². The molecule has 0 saturated heterocycles. The Morgan fingerprint density at radius 1 is 1.41 bits per heavy atom. The SMILES string of the molecule is C=CC(=C\C=C(/C)C#N)/C(=C/C)N=CC(=C)S. The van der Waals surface area contributed by atoms with Crippen molar-refractivity contribution in [2.24, 2.45) is 4.99 Å². The number of nitrogens with zero attached hydrogens (tertiary/aromatic N) is 2. The highest BCUT2D eigenvalue weighted by atomic mass is 32.1. The molecule has 0 aromatic rings. The topological polar surface area (TPSA) is 36.1 Å². The molecule has 0 rings (SSSR count). The molecular formula is C14H16N2S. The maximum absolute atomic E-state index is 8.65. The third kappa shape index (κ3) is 6.39. The molecule has 0 aromatic heterocycles. The number of allylic oxidation sites excluding steroid dienone is 6. The predicted octanol–water partition coefficient (Wildman–Crippen LogP) is 3.99. The Kier molecular flexibility index (Phi) is 7.49. The number of thiol groups is 1. The van der Waals surface area contributed by atoms with Crippen LogP contribution in [0.2, 0.25) is 0 Å². The zero-order valence-electron chi connectivity index (χ0n) is 10.1. The lowest BCUT2D eigenvalue weighted by molar-refractivity contribution is 1.33. The van der Waals surface area contributed by atoms with E-state index in [-0.39, 0.29) is 0 Å². The van der Waals surface area contributed by atoms with E-state index in [2.05, 4.69) is 30.8 Å². The summed E-state index contributed by atoms with van der Waals surface area (Å²) in [5, 5.41) is 8.65. The molecule has 0 aromatic carbocycles. The van der Waals surface area contributed by atoms with Gasteiger partial charge in [-0.05, 0) is 25.5 Å². The van der Waals surface area contributed by atoms with Gasteiger partial charge in [-0.2, -0.15) is 5.26 Å². The van der Waals surface area contributed by atoms with Gasteiger partial charge in [0.25, 0.3) is 0 Å². The Morgan fingerprint density at radius 2 is 2.06 bits per heavy atom. The molecule has 0 unspecified atom stereocenters. The normalized spacial score (nSPS) is 13.6. The van der Waals surface area contributed by atoms with Crippen LogP contribution < -0.4 is 0 Å². The van der Waals surface area contributed by atoms with Gasteiger partial charge in [0.2, 0.25) is 0 Å². The summed E-state index contributed by atoms with van der Waals surface area (Å²) in [5.41, 5.74) is 2.23. The van der Waals surface area contributed by atoms with Gasteiger partial charge in [-0.3, -0.25) is 4.99 Å². The second kappa shape index (κ2) is 8.37. The lowest BCUT2D eigenvalue weighted by Crippen LogP contribution is -1.84. The van der Waals surface area contributed by atoms with E-state index in [1.165, 1.54) is 0 Å². The van der Waals surface area contributed by atoms with Gasteiger partial charge in [0.1, 0.15) is 0 Å². The molecule has 0 aliphatic rings. The molecule has 3 heteroatoms. The molecule has 2 nitrogen and oxygen atoms in total. The molecule has 0 heterocycles. The molecule has 0 atom stereocenters. The first-order valence-corrected chi connectivity index (χ1v) is 5.49. The van der Waals surface area contributed by atoms with E-state index in [1.807, 2.05) is 19.1 Å². The van der Waals surface area contributed by atoms with E-state index < -0.39 is 0 Å². The van der Waals surface area contributed by atoms with E-state index in [0.717, 1.165) is 11.3 Å². The van der Waals surface area contributed by atoms with Crippen molar-refractivity contribution >= 4 is 18.8 Å². The van der Waals surface area contributed by atoms with Gasteiger partial charge >= 0.3 is 0 Å². The highest BCUT2D eigenvalue weighted by Gasteiger charge is 1.96. The zero-order chi connectivity index (χ0) is 13.3. The molecule has 0 radical (unpaired) electrons. The van der Waals surface area contributed by atoms with E-state index in [4.69, 9.17) is 5.26 Å². The molecular weight excluding hydrogens is 228 g/mol. The van der Waals surface area contributed by atoms with Crippen LogP contribution in [0.4, 0.5) is 0 Å². The van der Waals surface area contributed by atoms with Crippen LogP contribution in [-0.4, -0.2) is 6.21 Å². The Labute approximate surface area is 108 Å². The van der Waals surface area contributed by atoms with Crippen molar-refractivity contribution in [3.05, 3.63) is 59.2 Å². The first-order valence-electron chi connectivity index (χ1n) is 5.04. The second-order valence-corrected chi connectivity index (χ2v) is 3.79. The van der Waals surface area contributed by atoms with Crippen LogP contribution in [0.1, 0.15) is 13.8 Å². The summed E-state index contributed by atoms with van der Waals surface area (Å²) in [6.45, 7) is 11.0. The summed E-state index contributed by atoms with van der Waals surface area (Å²) in [6.07, 6.45) is 8.65. The number of rotatable bonds is 5. The summed E-state index contributed by atoms with van der Waals surface area (Å²) in [4.78, 5) is 4.81. The van der Waals surface area contributed by atoms with Gasteiger partial charge in [-0.1, -0.05) is 31.4 Å². The Hall–Kier alpha value is -1.79. The Morgan fingerprint density at radius 3 is 2.47 bits per heavy atom. The third-order valence-electron chi connectivity index (χ3n) is 1.83. The first-order chi connectivity index (χ1) is 8.04. The molecule has 17 heavy (non-hydrogen) atoms. The Balaban J connectivity index is 5.18. The number of hydrogen-bond acceptors (Lipinski definition) is 3. The summed E-state index contributed by atoms with van der Waals surface area (Å²) < 4.78 is 0. The number of hydrogen-bond donors (Lipinski definition) is 1. The molecule has 0 saturated carbocycles. The standard InChI is InChI=1S/C14H16N2S/c1-5-13(8-7-11(3)9-15)14(6-2)16-10-12(4)17/h5-8,10,17H,1,4H2,2-3H3/b11-7+,13-8+,14-6-,16-10?. The average molecular weight is 244 g/mol. The lowest BCUT2D eigenvalue weighted by Gasteiger charge is -2.01. The number of aliphatic imine (C=N–C) groups is 1. The molecule has 0 fully saturated rings. The highest BCUT2D eigenvalue weighted by Crippen LogP contribution is 2.13.